The van der Waals surface area contributed by atoms with Crippen LogP contribution in [0.25, 0.3) is 16.6 Å². The Labute approximate surface area is 203 Å². The minimum absolute atomic E-state index is 0.00288. The van der Waals surface area contributed by atoms with Crippen molar-refractivity contribution in [1.29, 1.82) is 0 Å². The fourth-order valence-electron chi connectivity index (χ4n) is 3.87. The summed E-state index contributed by atoms with van der Waals surface area (Å²) in [7, 11) is -2.51. The summed E-state index contributed by atoms with van der Waals surface area (Å²) in [6, 6.07) is 10.3. The Bertz CT molecular complexity index is 1350. The van der Waals surface area contributed by atoms with Crippen LogP contribution >= 0.6 is 15.9 Å². The van der Waals surface area contributed by atoms with Crippen LogP contribution in [0.1, 0.15) is 41.2 Å². The second kappa shape index (κ2) is 8.88. The first-order valence-corrected chi connectivity index (χ1v) is 13.1. The number of nitrogens with zero attached hydrogens (tertiary/aromatic N) is 3. The van der Waals surface area contributed by atoms with Crippen LogP contribution < -0.4 is 9.62 Å². The fourth-order valence-corrected chi connectivity index (χ4v) is 5.08. The molecule has 1 heterocycles. The van der Waals surface area contributed by atoms with Gasteiger partial charge in [0.05, 0.1) is 29.6 Å². The van der Waals surface area contributed by atoms with Crippen LogP contribution in [0.5, 0.6) is 0 Å². The van der Waals surface area contributed by atoms with Crippen molar-refractivity contribution in [2.45, 2.75) is 31.4 Å². The SMILES string of the molecule is CNC(=O)c1c2cc(C3CC3)c(N(CCC(F)(F)F)S(C)(=O)=O)cc2nn1-c1ccc(Br)cc1. The van der Waals surface area contributed by atoms with Crippen molar-refractivity contribution in [3.05, 3.63) is 52.1 Å². The molecule has 0 aliphatic heterocycles. The molecule has 0 unspecified atom stereocenters. The lowest BCUT2D eigenvalue weighted by atomic mass is 10.0. The van der Waals surface area contributed by atoms with Crippen LogP contribution in [-0.2, 0) is 10.0 Å². The van der Waals surface area contributed by atoms with Crippen molar-refractivity contribution in [1.82, 2.24) is 15.1 Å². The molecule has 4 rings (SSSR count). The van der Waals surface area contributed by atoms with Gasteiger partial charge in [0.2, 0.25) is 10.0 Å². The lowest BCUT2D eigenvalue weighted by Gasteiger charge is -2.25. The van der Waals surface area contributed by atoms with Gasteiger partial charge in [-0.3, -0.25) is 9.10 Å². The van der Waals surface area contributed by atoms with E-state index in [1.165, 1.54) is 17.8 Å². The van der Waals surface area contributed by atoms with Crippen molar-refractivity contribution in [2.75, 3.05) is 24.2 Å². The zero-order valence-electron chi connectivity index (χ0n) is 18.4. The van der Waals surface area contributed by atoms with Crippen LogP contribution in [0.15, 0.2) is 40.9 Å². The molecule has 0 saturated heterocycles. The summed E-state index contributed by atoms with van der Waals surface area (Å²) >= 11 is 3.37. The Kier molecular flexibility index (Phi) is 6.40. The van der Waals surface area contributed by atoms with Crippen LogP contribution in [0.4, 0.5) is 18.9 Å². The molecule has 1 fully saturated rings. The first-order valence-electron chi connectivity index (χ1n) is 10.5. The molecule has 0 radical (unpaired) electrons. The molecular weight excluding hydrogens is 537 g/mol. The first kappa shape index (κ1) is 24.5. The summed E-state index contributed by atoms with van der Waals surface area (Å²) in [6.07, 6.45) is -3.33. The number of hydrogen-bond donors (Lipinski definition) is 1. The maximum absolute atomic E-state index is 13.0. The Morgan fingerprint density at radius 1 is 1.24 bits per heavy atom. The third-order valence-corrected chi connectivity index (χ3v) is 7.33. The van der Waals surface area contributed by atoms with Gasteiger partial charge in [0.15, 0.2) is 0 Å². The fraction of sp³-hybridized carbons (Fsp3) is 0.364. The van der Waals surface area contributed by atoms with Gasteiger partial charge in [0, 0.05) is 23.5 Å². The number of alkyl halides is 3. The zero-order chi connectivity index (χ0) is 24.8. The van der Waals surface area contributed by atoms with E-state index >= 15 is 0 Å². The summed E-state index contributed by atoms with van der Waals surface area (Å²) in [5, 5.41) is 7.63. The van der Waals surface area contributed by atoms with Gasteiger partial charge in [0.1, 0.15) is 5.69 Å². The predicted octanol–water partition coefficient (Wildman–Crippen LogP) is 4.74. The number of benzene rings is 2. The summed E-state index contributed by atoms with van der Waals surface area (Å²) < 4.78 is 67.0. The van der Waals surface area contributed by atoms with Crippen molar-refractivity contribution in [3.8, 4) is 5.69 Å². The molecule has 1 aliphatic carbocycles. The molecule has 0 bridgehead atoms. The Hall–Kier alpha value is -2.60. The number of carbonyl (C=O) groups is 1. The van der Waals surface area contributed by atoms with E-state index < -0.39 is 35.1 Å². The summed E-state index contributed by atoms with van der Waals surface area (Å²) in [5.74, 6) is -0.389. The number of anilines is 1. The van der Waals surface area contributed by atoms with Gasteiger partial charge in [-0.25, -0.2) is 13.1 Å². The molecule has 0 spiro atoms. The Morgan fingerprint density at radius 3 is 2.41 bits per heavy atom. The number of aromatic nitrogens is 2. The quantitative estimate of drug-likeness (QED) is 0.453. The number of hydrogen-bond acceptors (Lipinski definition) is 4. The van der Waals surface area contributed by atoms with Gasteiger partial charge in [0.25, 0.3) is 5.91 Å². The summed E-state index contributed by atoms with van der Waals surface area (Å²) in [4.78, 5) is 12.8. The van der Waals surface area contributed by atoms with Gasteiger partial charge in [-0.2, -0.15) is 18.3 Å². The highest BCUT2D eigenvalue weighted by Crippen LogP contribution is 2.47. The minimum atomic E-state index is -4.51. The van der Waals surface area contributed by atoms with E-state index in [0.717, 1.165) is 27.9 Å². The van der Waals surface area contributed by atoms with Gasteiger partial charge < -0.3 is 5.32 Å². The van der Waals surface area contributed by atoms with Gasteiger partial charge >= 0.3 is 6.18 Å². The van der Waals surface area contributed by atoms with Gasteiger partial charge in [-0.15, -0.1) is 0 Å². The monoisotopic (exact) mass is 558 g/mol. The minimum Gasteiger partial charge on any atom is -0.354 e. The summed E-state index contributed by atoms with van der Waals surface area (Å²) in [6.45, 7) is -0.733. The normalized spacial score (nSPS) is 14.4. The number of halogens is 4. The number of nitrogens with one attached hydrogen (secondary N) is 1. The van der Waals surface area contributed by atoms with E-state index in [1.54, 1.807) is 30.3 Å². The molecule has 12 heteroatoms. The van der Waals surface area contributed by atoms with Gasteiger partial charge in [-0.1, -0.05) is 15.9 Å². The third kappa shape index (κ3) is 5.07. The standard InChI is InChI=1S/C22H22BrF3N4O3S/c1-27-21(31)20-17-11-16(13-3-4-13)19(29(34(2,32)33)10-9-22(24,25)26)12-18(17)28-30(20)15-7-5-14(23)6-8-15/h5-8,11-13H,3-4,9-10H2,1-2H3,(H,27,31). The average Bonchev–Trinajstić information content (AvgIpc) is 3.52. The predicted molar refractivity (Wildman–Crippen MR) is 127 cm³/mol. The molecular formula is C22H22BrF3N4O3S. The van der Waals surface area contributed by atoms with E-state index in [4.69, 9.17) is 0 Å². The Morgan fingerprint density at radius 2 is 1.88 bits per heavy atom. The van der Waals surface area contributed by atoms with E-state index in [1.807, 2.05) is 0 Å². The second-order valence-corrected chi connectivity index (χ2v) is 11.0. The molecule has 2 aromatic carbocycles. The molecule has 1 aliphatic rings. The highest BCUT2D eigenvalue weighted by atomic mass is 79.9. The molecule has 7 nitrogen and oxygen atoms in total. The molecule has 0 atom stereocenters. The van der Waals surface area contributed by atoms with E-state index in [0.29, 0.717) is 22.2 Å². The lowest BCUT2D eigenvalue weighted by Crippen LogP contribution is -2.34. The van der Waals surface area contributed by atoms with Crippen LogP contribution in [0.3, 0.4) is 0 Å². The van der Waals surface area contributed by atoms with Crippen LogP contribution in [-0.4, -0.2) is 50.1 Å². The topological polar surface area (TPSA) is 84.3 Å². The van der Waals surface area contributed by atoms with Gasteiger partial charge in [-0.05, 0) is 60.7 Å². The van der Waals surface area contributed by atoms with Crippen LogP contribution in [0.2, 0.25) is 0 Å². The first-order chi connectivity index (χ1) is 15.9. The van der Waals surface area contributed by atoms with Crippen LogP contribution in [0, 0.1) is 0 Å². The maximum atomic E-state index is 13.0. The average molecular weight is 559 g/mol. The van der Waals surface area contributed by atoms with Crippen molar-refractivity contribution < 1.29 is 26.4 Å². The number of sulfonamides is 1. The number of rotatable bonds is 7. The van der Waals surface area contributed by atoms with E-state index in [2.05, 4.69) is 26.3 Å². The van der Waals surface area contributed by atoms with E-state index in [9.17, 15) is 26.4 Å². The summed E-state index contributed by atoms with van der Waals surface area (Å²) in [5.41, 5.74) is 1.94. The number of carbonyl (C=O) groups excluding carboxylic acids is 1. The molecule has 34 heavy (non-hydrogen) atoms. The molecule has 3 aromatic rings. The molecule has 182 valence electrons. The highest BCUT2D eigenvalue weighted by Gasteiger charge is 2.35. The molecule has 1 saturated carbocycles. The molecule has 1 N–H and O–H groups in total. The van der Waals surface area contributed by atoms with E-state index in [-0.39, 0.29) is 17.3 Å². The second-order valence-electron chi connectivity index (χ2n) is 8.22. The number of amides is 1. The van der Waals surface area contributed by atoms with Crippen molar-refractivity contribution in [3.63, 3.8) is 0 Å². The zero-order valence-corrected chi connectivity index (χ0v) is 20.8. The largest absolute Gasteiger partial charge is 0.390 e. The maximum Gasteiger partial charge on any atom is 0.390 e. The molecule has 1 aromatic heterocycles. The van der Waals surface area contributed by atoms with Crippen molar-refractivity contribution in [2.24, 2.45) is 0 Å². The smallest absolute Gasteiger partial charge is 0.354 e. The number of fused-ring (bicyclic) bond motifs is 1. The Balaban J connectivity index is 1.94. The highest BCUT2D eigenvalue weighted by molar-refractivity contribution is 9.10. The van der Waals surface area contributed by atoms with Crippen molar-refractivity contribution >= 4 is 48.5 Å². The third-order valence-electron chi connectivity index (χ3n) is 5.62. The molecule has 1 amide bonds. The lowest BCUT2D eigenvalue weighted by molar-refractivity contribution is -0.131.